The van der Waals surface area contributed by atoms with Crippen LogP contribution in [0.3, 0.4) is 0 Å². The number of carboxylic acid groups (broad SMARTS) is 1. The molecule has 1 heterocycles. The summed E-state index contributed by atoms with van der Waals surface area (Å²) in [5.74, 6) is -0.755. The number of carbonyl (C=O) groups is 2. The first-order valence-corrected chi connectivity index (χ1v) is 11.4. The van der Waals surface area contributed by atoms with Crippen LogP contribution in [0.1, 0.15) is 28.0 Å². The third kappa shape index (κ3) is 6.44. The SMILES string of the molecule is CSCCC(NC(=O)c1ccc(CNCc2c[nH]cn2)cc1-c1ccccc1)C(=O)O. The average Bonchev–Trinajstić information content (AvgIpc) is 3.30. The Labute approximate surface area is 185 Å². The summed E-state index contributed by atoms with van der Waals surface area (Å²) in [6, 6.07) is 14.3. The fourth-order valence-electron chi connectivity index (χ4n) is 3.21. The molecule has 0 aliphatic rings. The van der Waals surface area contributed by atoms with E-state index < -0.39 is 12.0 Å². The normalized spacial score (nSPS) is 11.8. The second-order valence-electron chi connectivity index (χ2n) is 7.06. The van der Waals surface area contributed by atoms with Gasteiger partial charge >= 0.3 is 5.97 Å². The first kappa shape index (κ1) is 22.6. The molecule has 0 fully saturated rings. The molecule has 1 atom stereocenters. The van der Waals surface area contributed by atoms with Crippen LogP contribution in [0.5, 0.6) is 0 Å². The molecule has 1 aromatic heterocycles. The standard InChI is InChI=1S/C23H26N4O3S/c1-31-10-9-21(23(29)30)27-22(28)19-8-7-16(12-24-13-18-14-25-15-26-18)11-20(19)17-5-3-2-4-6-17/h2-8,11,14-15,21,24H,9-10,12-13H2,1H3,(H,25,26)(H,27,28)(H,29,30). The van der Waals surface area contributed by atoms with Crippen LogP contribution in [0.2, 0.25) is 0 Å². The number of nitrogens with zero attached hydrogens (tertiary/aromatic N) is 1. The van der Waals surface area contributed by atoms with Gasteiger partial charge in [0.1, 0.15) is 6.04 Å². The number of hydrogen-bond acceptors (Lipinski definition) is 5. The fourth-order valence-corrected chi connectivity index (χ4v) is 3.68. The predicted octanol–water partition coefficient (Wildman–Crippen LogP) is 3.30. The number of imidazole rings is 1. The number of H-pyrrole nitrogens is 1. The second kappa shape index (κ2) is 11.3. The predicted molar refractivity (Wildman–Crippen MR) is 123 cm³/mol. The highest BCUT2D eigenvalue weighted by Gasteiger charge is 2.22. The fraction of sp³-hybridized carbons (Fsp3) is 0.261. The van der Waals surface area contributed by atoms with Crippen LogP contribution in [0.25, 0.3) is 11.1 Å². The zero-order valence-electron chi connectivity index (χ0n) is 17.3. The number of nitrogens with one attached hydrogen (secondary N) is 3. The number of amides is 1. The summed E-state index contributed by atoms with van der Waals surface area (Å²) in [5, 5.41) is 15.5. The summed E-state index contributed by atoms with van der Waals surface area (Å²) in [5.41, 5.74) is 4.06. The number of aromatic nitrogens is 2. The highest BCUT2D eigenvalue weighted by molar-refractivity contribution is 7.98. The van der Waals surface area contributed by atoms with Crippen molar-refractivity contribution in [2.24, 2.45) is 0 Å². The summed E-state index contributed by atoms with van der Waals surface area (Å²) >= 11 is 1.55. The smallest absolute Gasteiger partial charge is 0.326 e. The van der Waals surface area contributed by atoms with Gasteiger partial charge in [0.15, 0.2) is 0 Å². The lowest BCUT2D eigenvalue weighted by atomic mass is 9.96. The van der Waals surface area contributed by atoms with Crippen molar-refractivity contribution in [2.75, 3.05) is 12.0 Å². The first-order valence-electron chi connectivity index (χ1n) is 9.98. The highest BCUT2D eigenvalue weighted by Crippen LogP contribution is 2.25. The van der Waals surface area contributed by atoms with Crippen LogP contribution in [-0.2, 0) is 17.9 Å². The average molecular weight is 439 g/mol. The molecule has 31 heavy (non-hydrogen) atoms. The molecule has 0 saturated heterocycles. The Morgan fingerprint density at radius 1 is 1.16 bits per heavy atom. The van der Waals surface area contributed by atoms with E-state index in [0.717, 1.165) is 22.4 Å². The number of benzene rings is 2. The Kier molecular flexibility index (Phi) is 8.26. The third-order valence-corrected chi connectivity index (χ3v) is 5.46. The van der Waals surface area contributed by atoms with E-state index in [1.807, 2.05) is 54.9 Å². The van der Waals surface area contributed by atoms with Crippen molar-refractivity contribution in [1.29, 1.82) is 0 Å². The molecular formula is C23H26N4O3S. The molecule has 0 aliphatic heterocycles. The van der Waals surface area contributed by atoms with Gasteiger partial charge in [0.05, 0.1) is 12.0 Å². The van der Waals surface area contributed by atoms with Crippen molar-refractivity contribution >= 4 is 23.6 Å². The lowest BCUT2D eigenvalue weighted by molar-refractivity contribution is -0.139. The summed E-state index contributed by atoms with van der Waals surface area (Å²) in [4.78, 5) is 31.7. The topological polar surface area (TPSA) is 107 Å². The van der Waals surface area contributed by atoms with Gasteiger partial charge < -0.3 is 20.7 Å². The molecular weight excluding hydrogens is 412 g/mol. The molecule has 0 spiro atoms. The Hall–Kier alpha value is -3.10. The summed E-state index contributed by atoms with van der Waals surface area (Å²) < 4.78 is 0. The molecule has 0 radical (unpaired) electrons. The Morgan fingerprint density at radius 2 is 1.97 bits per heavy atom. The molecule has 3 rings (SSSR count). The van der Waals surface area contributed by atoms with Crippen LogP contribution in [0.15, 0.2) is 61.1 Å². The second-order valence-corrected chi connectivity index (χ2v) is 8.04. The zero-order valence-corrected chi connectivity index (χ0v) is 18.1. The molecule has 0 aliphatic carbocycles. The van der Waals surface area contributed by atoms with E-state index in [9.17, 15) is 14.7 Å². The summed E-state index contributed by atoms with van der Waals surface area (Å²) in [6.07, 6.45) is 5.76. The minimum absolute atomic E-state index is 0.373. The van der Waals surface area contributed by atoms with E-state index in [4.69, 9.17) is 0 Å². The van der Waals surface area contributed by atoms with Crippen LogP contribution in [0.4, 0.5) is 0 Å². The van der Waals surface area contributed by atoms with E-state index in [1.54, 1.807) is 24.2 Å². The molecule has 162 valence electrons. The van der Waals surface area contributed by atoms with Crippen LogP contribution < -0.4 is 10.6 Å². The van der Waals surface area contributed by atoms with E-state index in [2.05, 4.69) is 20.6 Å². The van der Waals surface area contributed by atoms with Gasteiger partial charge in [-0.3, -0.25) is 4.79 Å². The van der Waals surface area contributed by atoms with Crippen molar-refractivity contribution in [2.45, 2.75) is 25.6 Å². The van der Waals surface area contributed by atoms with E-state index in [0.29, 0.717) is 30.8 Å². The van der Waals surface area contributed by atoms with Crippen molar-refractivity contribution in [3.63, 3.8) is 0 Å². The number of aromatic amines is 1. The number of carboxylic acids is 1. The Morgan fingerprint density at radius 3 is 2.65 bits per heavy atom. The third-order valence-electron chi connectivity index (χ3n) is 4.82. The van der Waals surface area contributed by atoms with Gasteiger partial charge in [-0.25, -0.2) is 9.78 Å². The summed E-state index contributed by atoms with van der Waals surface area (Å²) in [7, 11) is 0. The molecule has 8 heteroatoms. The zero-order chi connectivity index (χ0) is 22.1. The van der Waals surface area contributed by atoms with E-state index in [-0.39, 0.29) is 5.91 Å². The van der Waals surface area contributed by atoms with Crippen LogP contribution >= 0.6 is 11.8 Å². The lowest BCUT2D eigenvalue weighted by Crippen LogP contribution is -2.41. The summed E-state index contributed by atoms with van der Waals surface area (Å²) in [6.45, 7) is 1.24. The number of hydrogen-bond donors (Lipinski definition) is 4. The van der Waals surface area contributed by atoms with Gasteiger partial charge in [0, 0.05) is 24.8 Å². The van der Waals surface area contributed by atoms with Crippen LogP contribution in [0, 0.1) is 0 Å². The molecule has 7 nitrogen and oxygen atoms in total. The minimum atomic E-state index is -1.03. The van der Waals surface area contributed by atoms with Gasteiger partial charge in [-0.2, -0.15) is 11.8 Å². The van der Waals surface area contributed by atoms with Gasteiger partial charge in [-0.1, -0.05) is 36.4 Å². The van der Waals surface area contributed by atoms with Gasteiger partial charge in [-0.05, 0) is 47.3 Å². The van der Waals surface area contributed by atoms with Gasteiger partial charge in [-0.15, -0.1) is 0 Å². The highest BCUT2D eigenvalue weighted by atomic mass is 32.2. The van der Waals surface area contributed by atoms with Crippen molar-refractivity contribution < 1.29 is 14.7 Å². The van der Waals surface area contributed by atoms with Crippen molar-refractivity contribution in [1.82, 2.24) is 20.6 Å². The maximum atomic E-state index is 13.0. The first-order chi connectivity index (χ1) is 15.1. The van der Waals surface area contributed by atoms with E-state index >= 15 is 0 Å². The molecule has 3 aromatic rings. The van der Waals surface area contributed by atoms with Gasteiger partial charge in [0.2, 0.25) is 0 Å². The molecule has 1 unspecified atom stereocenters. The molecule has 2 aromatic carbocycles. The Bertz CT molecular complexity index is 993. The maximum absolute atomic E-state index is 13.0. The van der Waals surface area contributed by atoms with Crippen LogP contribution in [-0.4, -0.2) is 45.0 Å². The number of aliphatic carboxylic acids is 1. The monoisotopic (exact) mass is 438 g/mol. The van der Waals surface area contributed by atoms with E-state index in [1.165, 1.54) is 0 Å². The molecule has 0 bridgehead atoms. The lowest BCUT2D eigenvalue weighted by Gasteiger charge is -2.17. The van der Waals surface area contributed by atoms with Crippen molar-refractivity contribution in [3.05, 3.63) is 77.9 Å². The Balaban J connectivity index is 1.81. The van der Waals surface area contributed by atoms with Crippen molar-refractivity contribution in [3.8, 4) is 11.1 Å². The van der Waals surface area contributed by atoms with Gasteiger partial charge in [0.25, 0.3) is 5.91 Å². The minimum Gasteiger partial charge on any atom is -0.480 e. The molecule has 1 amide bonds. The number of thioether (sulfide) groups is 1. The quantitative estimate of drug-likeness (QED) is 0.366. The number of carbonyl (C=O) groups excluding carboxylic acids is 1. The molecule has 0 saturated carbocycles. The molecule has 4 N–H and O–H groups in total. The number of rotatable bonds is 11. The largest absolute Gasteiger partial charge is 0.480 e. The maximum Gasteiger partial charge on any atom is 0.326 e.